The highest BCUT2D eigenvalue weighted by Crippen LogP contribution is 2.30. The van der Waals surface area contributed by atoms with Gasteiger partial charge in [0, 0.05) is 5.02 Å². The van der Waals surface area contributed by atoms with Gasteiger partial charge < -0.3 is 14.8 Å². The lowest BCUT2D eigenvalue weighted by Crippen LogP contribution is -2.41. The van der Waals surface area contributed by atoms with Crippen LogP contribution >= 0.6 is 11.6 Å². The van der Waals surface area contributed by atoms with Crippen LogP contribution in [0.25, 0.3) is 0 Å². The van der Waals surface area contributed by atoms with Crippen LogP contribution in [0.15, 0.2) is 58.0 Å². The Kier molecular flexibility index (Phi) is 6.85. The molecule has 2 N–H and O–H groups in total. The van der Waals surface area contributed by atoms with E-state index in [9.17, 15) is 18.0 Å². The number of halogens is 1. The predicted molar refractivity (Wildman–Crippen MR) is 117 cm³/mol. The number of amides is 1. The molecule has 2 aromatic carbocycles. The van der Waals surface area contributed by atoms with Crippen molar-refractivity contribution >= 4 is 39.2 Å². The molecule has 0 spiro atoms. The van der Waals surface area contributed by atoms with Crippen LogP contribution in [-0.4, -0.2) is 36.9 Å². The standard InChI is InChI=1S/C21H20ClN3O6S/c1-13-6-8-15(9-7-13)32(29,30)25(18-5-3-4-16(22)14(18)2)11-19(26)23-10-20-24-17(12-31-20)21(27)28/h3-9,12H,10-11H2,1-2H3,(H,23,26)(H,27,28). The summed E-state index contributed by atoms with van der Waals surface area (Å²) in [5, 5.41) is 11.7. The third-order valence-corrected chi connectivity index (χ3v) is 6.80. The molecule has 9 nitrogen and oxygen atoms in total. The van der Waals surface area contributed by atoms with E-state index in [1.54, 1.807) is 37.3 Å². The molecular formula is C21H20ClN3O6S. The summed E-state index contributed by atoms with van der Waals surface area (Å²) < 4.78 is 32.8. The Balaban J connectivity index is 1.88. The van der Waals surface area contributed by atoms with Crippen LogP contribution in [-0.2, 0) is 21.4 Å². The molecule has 0 radical (unpaired) electrons. The van der Waals surface area contributed by atoms with Crippen molar-refractivity contribution in [1.29, 1.82) is 0 Å². The summed E-state index contributed by atoms with van der Waals surface area (Å²) in [5.74, 6) is -1.93. The summed E-state index contributed by atoms with van der Waals surface area (Å²) in [4.78, 5) is 27.3. The first-order valence-electron chi connectivity index (χ1n) is 9.38. The second-order valence-corrected chi connectivity index (χ2v) is 9.19. The van der Waals surface area contributed by atoms with Gasteiger partial charge >= 0.3 is 5.97 Å². The number of carboxylic acid groups (broad SMARTS) is 1. The number of sulfonamides is 1. The van der Waals surface area contributed by atoms with Gasteiger partial charge in [0.1, 0.15) is 12.8 Å². The number of oxazole rings is 1. The molecule has 0 fully saturated rings. The maximum atomic E-state index is 13.4. The number of nitrogens with one attached hydrogen (secondary N) is 1. The fraction of sp³-hybridized carbons (Fsp3) is 0.190. The number of hydrogen-bond acceptors (Lipinski definition) is 6. The molecule has 0 saturated carbocycles. The van der Waals surface area contributed by atoms with Crippen molar-refractivity contribution in [2.24, 2.45) is 0 Å². The van der Waals surface area contributed by atoms with Crippen molar-refractivity contribution in [3.05, 3.63) is 76.5 Å². The van der Waals surface area contributed by atoms with Gasteiger partial charge in [-0.15, -0.1) is 0 Å². The number of aryl methyl sites for hydroxylation is 1. The fourth-order valence-corrected chi connectivity index (χ4v) is 4.50. The van der Waals surface area contributed by atoms with E-state index in [0.717, 1.165) is 16.1 Å². The average molecular weight is 478 g/mol. The highest BCUT2D eigenvalue weighted by molar-refractivity contribution is 7.92. The van der Waals surface area contributed by atoms with Crippen LogP contribution in [0.2, 0.25) is 5.02 Å². The first-order chi connectivity index (χ1) is 15.1. The Morgan fingerprint density at radius 1 is 1.16 bits per heavy atom. The molecular weight excluding hydrogens is 458 g/mol. The lowest BCUT2D eigenvalue weighted by Gasteiger charge is -2.26. The quantitative estimate of drug-likeness (QED) is 0.509. The van der Waals surface area contributed by atoms with Gasteiger partial charge in [-0.1, -0.05) is 35.4 Å². The summed E-state index contributed by atoms with van der Waals surface area (Å²) in [6, 6.07) is 11.1. The summed E-state index contributed by atoms with van der Waals surface area (Å²) in [5.41, 5.74) is 1.35. The van der Waals surface area contributed by atoms with E-state index in [1.807, 2.05) is 6.92 Å². The van der Waals surface area contributed by atoms with Gasteiger partial charge in [0.15, 0.2) is 5.69 Å². The Morgan fingerprint density at radius 2 is 1.84 bits per heavy atom. The number of carbonyl (C=O) groups excluding carboxylic acids is 1. The number of nitrogens with zero attached hydrogens (tertiary/aromatic N) is 2. The number of carbonyl (C=O) groups is 2. The maximum Gasteiger partial charge on any atom is 0.357 e. The van der Waals surface area contributed by atoms with Crippen molar-refractivity contribution in [2.75, 3.05) is 10.8 Å². The molecule has 32 heavy (non-hydrogen) atoms. The monoisotopic (exact) mass is 477 g/mol. The Morgan fingerprint density at radius 3 is 2.47 bits per heavy atom. The Labute approximate surface area is 189 Å². The predicted octanol–water partition coefficient (Wildman–Crippen LogP) is 3.15. The van der Waals surface area contributed by atoms with Gasteiger partial charge in [-0.05, 0) is 43.7 Å². The normalized spacial score (nSPS) is 11.2. The van der Waals surface area contributed by atoms with E-state index in [-0.39, 0.29) is 28.7 Å². The van der Waals surface area contributed by atoms with E-state index in [4.69, 9.17) is 21.1 Å². The van der Waals surface area contributed by atoms with Crippen LogP contribution in [0.5, 0.6) is 0 Å². The van der Waals surface area contributed by atoms with Crippen LogP contribution < -0.4 is 9.62 Å². The molecule has 0 aliphatic carbocycles. The highest BCUT2D eigenvalue weighted by atomic mass is 35.5. The van der Waals surface area contributed by atoms with E-state index < -0.39 is 28.4 Å². The number of hydrogen-bond donors (Lipinski definition) is 2. The molecule has 1 amide bonds. The molecule has 0 aliphatic rings. The first-order valence-corrected chi connectivity index (χ1v) is 11.2. The van der Waals surface area contributed by atoms with Crippen LogP contribution in [0, 0.1) is 13.8 Å². The van der Waals surface area contributed by atoms with Gasteiger partial charge in [-0.2, -0.15) is 0 Å². The van der Waals surface area contributed by atoms with Gasteiger partial charge in [-0.3, -0.25) is 9.10 Å². The van der Waals surface area contributed by atoms with Crippen molar-refractivity contribution in [3.63, 3.8) is 0 Å². The second-order valence-electron chi connectivity index (χ2n) is 6.92. The summed E-state index contributed by atoms with van der Waals surface area (Å²) in [6.45, 7) is 2.75. The van der Waals surface area contributed by atoms with Crippen LogP contribution in [0.1, 0.15) is 27.5 Å². The number of aromatic carboxylic acids is 1. The van der Waals surface area contributed by atoms with Gasteiger partial charge in [-0.25, -0.2) is 18.2 Å². The summed E-state index contributed by atoms with van der Waals surface area (Å²) in [6.07, 6.45) is 0.952. The molecule has 168 valence electrons. The lowest BCUT2D eigenvalue weighted by atomic mass is 10.2. The summed E-state index contributed by atoms with van der Waals surface area (Å²) >= 11 is 6.19. The van der Waals surface area contributed by atoms with Gasteiger partial charge in [0.05, 0.1) is 17.1 Å². The molecule has 0 saturated heterocycles. The molecule has 1 aromatic heterocycles. The Bertz CT molecular complexity index is 1250. The molecule has 0 atom stereocenters. The molecule has 0 bridgehead atoms. The van der Waals surface area contributed by atoms with Crippen molar-refractivity contribution in [3.8, 4) is 0 Å². The Hall–Kier alpha value is -3.37. The molecule has 3 rings (SSSR count). The third kappa shape index (κ3) is 5.09. The number of aromatic nitrogens is 1. The minimum atomic E-state index is -4.10. The van der Waals surface area contributed by atoms with Crippen LogP contribution in [0.4, 0.5) is 5.69 Å². The first kappa shape index (κ1) is 23.3. The van der Waals surface area contributed by atoms with E-state index in [2.05, 4.69) is 10.3 Å². The van der Waals surface area contributed by atoms with Crippen molar-refractivity contribution in [2.45, 2.75) is 25.3 Å². The number of rotatable bonds is 8. The smallest absolute Gasteiger partial charge is 0.357 e. The van der Waals surface area contributed by atoms with E-state index in [1.165, 1.54) is 12.1 Å². The number of anilines is 1. The van der Waals surface area contributed by atoms with Gasteiger partial charge in [0.2, 0.25) is 11.8 Å². The highest BCUT2D eigenvalue weighted by Gasteiger charge is 2.29. The SMILES string of the molecule is Cc1ccc(S(=O)(=O)N(CC(=O)NCc2nc(C(=O)O)co2)c2cccc(Cl)c2C)cc1. The summed E-state index contributed by atoms with van der Waals surface area (Å²) in [7, 11) is -4.10. The largest absolute Gasteiger partial charge is 0.476 e. The number of benzene rings is 2. The zero-order valence-electron chi connectivity index (χ0n) is 17.2. The zero-order chi connectivity index (χ0) is 23.5. The van der Waals surface area contributed by atoms with Crippen molar-refractivity contribution < 1.29 is 27.5 Å². The molecule has 1 heterocycles. The lowest BCUT2D eigenvalue weighted by molar-refractivity contribution is -0.119. The zero-order valence-corrected chi connectivity index (χ0v) is 18.8. The fourth-order valence-electron chi connectivity index (χ4n) is 2.85. The minimum absolute atomic E-state index is 0.0223. The maximum absolute atomic E-state index is 13.4. The minimum Gasteiger partial charge on any atom is -0.476 e. The molecule has 3 aromatic rings. The van der Waals surface area contributed by atoms with E-state index in [0.29, 0.717) is 10.6 Å². The van der Waals surface area contributed by atoms with Crippen LogP contribution in [0.3, 0.4) is 0 Å². The van der Waals surface area contributed by atoms with Gasteiger partial charge in [0.25, 0.3) is 10.0 Å². The molecule has 11 heteroatoms. The molecule has 0 aliphatic heterocycles. The second kappa shape index (κ2) is 9.41. The average Bonchev–Trinajstić information content (AvgIpc) is 3.22. The topological polar surface area (TPSA) is 130 Å². The number of carboxylic acids is 1. The van der Waals surface area contributed by atoms with Crippen molar-refractivity contribution in [1.82, 2.24) is 10.3 Å². The molecule has 0 unspecified atom stereocenters. The third-order valence-electron chi connectivity index (χ3n) is 4.61. The van der Waals surface area contributed by atoms with E-state index >= 15 is 0 Å².